The first-order chi connectivity index (χ1) is 13.1. The molecule has 3 rings (SSSR count). The Labute approximate surface area is 165 Å². The van der Waals surface area contributed by atoms with Crippen molar-refractivity contribution in [2.75, 3.05) is 32.1 Å². The van der Waals surface area contributed by atoms with E-state index in [4.69, 9.17) is 9.47 Å². The molecule has 0 aliphatic carbocycles. The number of hydrogen-bond acceptors (Lipinski definition) is 5. The fourth-order valence-corrected chi connectivity index (χ4v) is 4.63. The van der Waals surface area contributed by atoms with Crippen LogP contribution in [0.25, 0.3) is 0 Å². The van der Waals surface area contributed by atoms with E-state index in [2.05, 4.69) is 6.92 Å². The van der Waals surface area contributed by atoms with Gasteiger partial charge in [-0.05, 0) is 50.1 Å². The predicted octanol–water partition coefficient (Wildman–Crippen LogP) is 3.80. The van der Waals surface area contributed by atoms with Gasteiger partial charge in [-0.25, -0.2) is 0 Å². The number of fused-ring (bicyclic) bond motifs is 1. The van der Waals surface area contributed by atoms with Crippen molar-refractivity contribution in [2.24, 2.45) is 5.92 Å². The number of nitrogens with zero attached hydrogens (tertiary/aromatic N) is 1. The van der Waals surface area contributed by atoms with Gasteiger partial charge >= 0.3 is 0 Å². The Bertz CT molecular complexity index is 670. The number of ketones is 1. The summed E-state index contributed by atoms with van der Waals surface area (Å²) in [5, 5.41) is 0.00148. The molecule has 0 N–H and O–H groups in total. The number of piperidine rings is 1. The normalized spacial score (nSPS) is 18.2. The number of carbonyl (C=O) groups excluding carboxylic acids is 2. The average molecular weight is 392 g/mol. The maximum absolute atomic E-state index is 12.9. The summed E-state index contributed by atoms with van der Waals surface area (Å²) in [5.74, 6) is 2.71. The van der Waals surface area contributed by atoms with E-state index in [1.54, 1.807) is 17.8 Å². The number of Topliss-reactive ketones (excluding diaryl/α,β-unsaturated/α-hetero) is 1. The van der Waals surface area contributed by atoms with Gasteiger partial charge in [0.1, 0.15) is 13.2 Å². The molecule has 1 amide bonds. The molecule has 148 valence electrons. The molecule has 0 aromatic heterocycles. The SMILES string of the molecule is CCCCSC(C)C(=O)N1CCC(C(=O)c2ccc3c(c2)OCCO3)CC1. The largest absolute Gasteiger partial charge is 0.486 e. The highest BCUT2D eigenvalue weighted by molar-refractivity contribution is 8.00. The van der Waals surface area contributed by atoms with Crippen molar-refractivity contribution in [1.82, 2.24) is 4.90 Å². The van der Waals surface area contributed by atoms with E-state index < -0.39 is 0 Å². The summed E-state index contributed by atoms with van der Waals surface area (Å²) < 4.78 is 11.1. The number of amides is 1. The summed E-state index contributed by atoms with van der Waals surface area (Å²) in [5.41, 5.74) is 0.674. The van der Waals surface area contributed by atoms with Crippen LogP contribution in [-0.2, 0) is 4.79 Å². The van der Waals surface area contributed by atoms with Gasteiger partial charge in [0.05, 0.1) is 5.25 Å². The summed E-state index contributed by atoms with van der Waals surface area (Å²) in [7, 11) is 0. The fourth-order valence-electron chi connectivity index (χ4n) is 3.53. The summed E-state index contributed by atoms with van der Waals surface area (Å²) in [6.07, 6.45) is 3.76. The quantitative estimate of drug-likeness (QED) is 0.523. The van der Waals surface area contributed by atoms with E-state index in [1.165, 1.54) is 0 Å². The van der Waals surface area contributed by atoms with E-state index in [9.17, 15) is 9.59 Å². The molecule has 1 aromatic rings. The standard InChI is InChI=1S/C21H29NO4S/c1-3-4-13-27-15(2)21(24)22-9-7-16(8-10-22)20(23)17-5-6-18-19(14-17)26-12-11-25-18/h5-6,14-16H,3-4,7-13H2,1-2H3. The smallest absolute Gasteiger partial charge is 0.235 e. The third-order valence-corrected chi connectivity index (χ3v) is 6.44. The summed E-state index contributed by atoms with van der Waals surface area (Å²) in [6.45, 7) is 6.55. The molecule has 2 heterocycles. The molecule has 1 saturated heterocycles. The van der Waals surface area contributed by atoms with Crippen LogP contribution < -0.4 is 9.47 Å². The Balaban J connectivity index is 1.52. The molecule has 1 fully saturated rings. The maximum atomic E-state index is 12.9. The highest BCUT2D eigenvalue weighted by atomic mass is 32.2. The average Bonchev–Trinajstić information content (AvgIpc) is 2.72. The van der Waals surface area contributed by atoms with Crippen molar-refractivity contribution in [3.05, 3.63) is 23.8 Å². The first-order valence-corrected chi connectivity index (χ1v) is 11.0. The van der Waals surface area contributed by atoms with Gasteiger partial charge in [0.2, 0.25) is 5.91 Å². The lowest BCUT2D eigenvalue weighted by Gasteiger charge is -2.33. The number of ether oxygens (including phenoxy) is 2. The van der Waals surface area contributed by atoms with Gasteiger partial charge in [-0.2, -0.15) is 0 Å². The van der Waals surface area contributed by atoms with Crippen molar-refractivity contribution in [2.45, 2.75) is 44.8 Å². The zero-order valence-electron chi connectivity index (χ0n) is 16.2. The third-order valence-electron chi connectivity index (χ3n) is 5.22. The van der Waals surface area contributed by atoms with Crippen molar-refractivity contribution >= 4 is 23.5 Å². The molecule has 2 aliphatic rings. The summed E-state index contributed by atoms with van der Waals surface area (Å²) >= 11 is 1.74. The van der Waals surface area contributed by atoms with Crippen LogP contribution in [0.1, 0.15) is 49.9 Å². The molecule has 0 spiro atoms. The van der Waals surface area contributed by atoms with Crippen LogP contribution in [0.15, 0.2) is 18.2 Å². The molecule has 2 aliphatic heterocycles. The van der Waals surface area contributed by atoms with Crippen LogP contribution in [0.2, 0.25) is 0 Å². The molecule has 27 heavy (non-hydrogen) atoms. The van der Waals surface area contributed by atoms with Gasteiger partial charge in [0.15, 0.2) is 17.3 Å². The highest BCUT2D eigenvalue weighted by Gasteiger charge is 2.30. The molecule has 0 saturated carbocycles. The van der Waals surface area contributed by atoms with Crippen LogP contribution in [-0.4, -0.2) is 53.9 Å². The van der Waals surface area contributed by atoms with Gasteiger partial charge in [0.25, 0.3) is 0 Å². The minimum atomic E-state index is -0.0281. The van der Waals surface area contributed by atoms with Crippen molar-refractivity contribution in [3.8, 4) is 11.5 Å². The second-order valence-corrected chi connectivity index (χ2v) is 8.64. The van der Waals surface area contributed by atoms with Crippen LogP contribution in [0.4, 0.5) is 0 Å². The van der Waals surface area contributed by atoms with E-state index in [-0.39, 0.29) is 22.9 Å². The van der Waals surface area contributed by atoms with Gasteiger partial charge in [-0.1, -0.05) is 13.3 Å². The summed E-state index contributed by atoms with van der Waals surface area (Å²) in [4.78, 5) is 27.4. The highest BCUT2D eigenvalue weighted by Crippen LogP contribution is 2.32. The lowest BCUT2D eigenvalue weighted by atomic mass is 9.88. The van der Waals surface area contributed by atoms with Crippen LogP contribution >= 0.6 is 11.8 Å². The van der Waals surface area contributed by atoms with Crippen LogP contribution in [0, 0.1) is 5.92 Å². The van der Waals surface area contributed by atoms with E-state index >= 15 is 0 Å². The zero-order chi connectivity index (χ0) is 19.2. The predicted molar refractivity (Wildman–Crippen MR) is 108 cm³/mol. The van der Waals surface area contributed by atoms with Crippen molar-refractivity contribution in [3.63, 3.8) is 0 Å². The number of benzene rings is 1. The lowest BCUT2D eigenvalue weighted by Crippen LogP contribution is -2.43. The monoisotopic (exact) mass is 391 g/mol. The van der Waals surface area contributed by atoms with Crippen LogP contribution in [0.3, 0.4) is 0 Å². The Morgan fingerprint density at radius 3 is 2.59 bits per heavy atom. The molecule has 6 heteroatoms. The molecular formula is C21H29NO4S. The van der Waals surface area contributed by atoms with E-state index in [0.29, 0.717) is 43.4 Å². The van der Waals surface area contributed by atoms with E-state index in [1.807, 2.05) is 24.0 Å². The Hall–Kier alpha value is -1.69. The number of hydrogen-bond donors (Lipinski definition) is 0. The maximum Gasteiger partial charge on any atom is 0.235 e. The first-order valence-electron chi connectivity index (χ1n) is 9.94. The second kappa shape index (κ2) is 9.49. The fraction of sp³-hybridized carbons (Fsp3) is 0.619. The van der Waals surface area contributed by atoms with Gasteiger partial charge < -0.3 is 14.4 Å². The number of rotatable bonds is 7. The molecule has 5 nitrogen and oxygen atoms in total. The number of unbranched alkanes of at least 4 members (excludes halogenated alkanes) is 1. The molecule has 1 atom stereocenters. The topological polar surface area (TPSA) is 55.8 Å². The molecule has 0 radical (unpaired) electrons. The second-order valence-electron chi connectivity index (χ2n) is 7.19. The van der Waals surface area contributed by atoms with Crippen LogP contribution in [0.5, 0.6) is 11.5 Å². The van der Waals surface area contributed by atoms with E-state index in [0.717, 1.165) is 31.4 Å². The summed E-state index contributed by atoms with van der Waals surface area (Å²) in [6, 6.07) is 5.43. The Morgan fingerprint density at radius 2 is 1.89 bits per heavy atom. The van der Waals surface area contributed by atoms with Crippen molar-refractivity contribution in [1.29, 1.82) is 0 Å². The third kappa shape index (κ3) is 4.98. The van der Waals surface area contributed by atoms with Gasteiger partial charge in [-0.3, -0.25) is 9.59 Å². The molecule has 1 aromatic carbocycles. The zero-order valence-corrected chi connectivity index (χ0v) is 17.1. The Morgan fingerprint density at radius 1 is 1.19 bits per heavy atom. The molecule has 1 unspecified atom stereocenters. The van der Waals surface area contributed by atoms with Crippen molar-refractivity contribution < 1.29 is 19.1 Å². The number of carbonyl (C=O) groups is 2. The minimum absolute atomic E-state index is 0.00148. The first kappa shape index (κ1) is 20.1. The van der Waals surface area contributed by atoms with Gasteiger partial charge in [-0.15, -0.1) is 11.8 Å². The molecular weight excluding hydrogens is 362 g/mol. The molecule has 0 bridgehead atoms. The number of likely N-dealkylation sites (tertiary alicyclic amines) is 1. The number of thioether (sulfide) groups is 1. The van der Waals surface area contributed by atoms with Gasteiger partial charge in [0, 0.05) is 24.6 Å². The lowest BCUT2D eigenvalue weighted by molar-refractivity contribution is -0.131. The minimum Gasteiger partial charge on any atom is -0.486 e. The Kier molecular flexibility index (Phi) is 7.05.